The standard InChI is InChI=1S/C19H30N2O4.ClH/c1-13(2)19(4,12-20)21-18(23)7-6-10-25-16-9-8-15(14(3)22)11-17(16)24-5;/h8-9,11,13H,6-7,10,12,20H2,1-5H3,(H,21,23);1H. The van der Waals surface area contributed by atoms with Crippen LogP contribution in [0.25, 0.3) is 0 Å². The van der Waals surface area contributed by atoms with Gasteiger partial charge in [-0.05, 0) is 44.4 Å². The number of amides is 1. The third-order valence-electron chi connectivity index (χ3n) is 4.50. The Morgan fingerprint density at radius 2 is 1.92 bits per heavy atom. The first-order valence-corrected chi connectivity index (χ1v) is 8.56. The molecule has 0 fully saturated rings. The highest BCUT2D eigenvalue weighted by atomic mass is 35.5. The average Bonchev–Trinajstić information content (AvgIpc) is 2.58. The molecular formula is C19H31ClN2O4. The van der Waals surface area contributed by atoms with Gasteiger partial charge in [0.05, 0.1) is 19.3 Å². The van der Waals surface area contributed by atoms with Gasteiger partial charge in [0.15, 0.2) is 17.3 Å². The van der Waals surface area contributed by atoms with Crippen molar-refractivity contribution in [2.24, 2.45) is 11.7 Å². The van der Waals surface area contributed by atoms with Gasteiger partial charge in [-0.3, -0.25) is 9.59 Å². The molecular weight excluding hydrogens is 356 g/mol. The van der Waals surface area contributed by atoms with Crippen molar-refractivity contribution >= 4 is 24.1 Å². The lowest BCUT2D eigenvalue weighted by Crippen LogP contribution is -2.55. The Hall–Kier alpha value is -1.79. The Morgan fingerprint density at radius 3 is 2.42 bits per heavy atom. The number of Topliss-reactive ketones (excluding diaryl/α,β-unsaturated/α-hetero) is 1. The summed E-state index contributed by atoms with van der Waals surface area (Å²) >= 11 is 0. The molecule has 1 aromatic carbocycles. The molecule has 0 saturated carbocycles. The van der Waals surface area contributed by atoms with Crippen LogP contribution in [-0.2, 0) is 4.79 Å². The van der Waals surface area contributed by atoms with E-state index in [0.29, 0.717) is 43.1 Å². The van der Waals surface area contributed by atoms with E-state index >= 15 is 0 Å². The van der Waals surface area contributed by atoms with Crippen LogP contribution in [0.5, 0.6) is 11.5 Å². The molecule has 0 aliphatic rings. The van der Waals surface area contributed by atoms with Gasteiger partial charge in [0.2, 0.25) is 5.91 Å². The number of nitrogens with one attached hydrogen (secondary N) is 1. The number of carbonyl (C=O) groups excluding carboxylic acids is 2. The van der Waals surface area contributed by atoms with Crippen LogP contribution in [0, 0.1) is 5.92 Å². The van der Waals surface area contributed by atoms with Crippen LogP contribution in [0.15, 0.2) is 18.2 Å². The second-order valence-corrected chi connectivity index (χ2v) is 6.70. The second kappa shape index (κ2) is 11.0. The van der Waals surface area contributed by atoms with E-state index in [-0.39, 0.29) is 30.0 Å². The number of hydrogen-bond donors (Lipinski definition) is 2. The molecule has 1 aromatic rings. The average molecular weight is 387 g/mol. The predicted octanol–water partition coefficient (Wildman–Crippen LogP) is 2.97. The molecule has 1 amide bonds. The molecule has 3 N–H and O–H groups in total. The smallest absolute Gasteiger partial charge is 0.220 e. The van der Waals surface area contributed by atoms with Gasteiger partial charge in [-0.25, -0.2) is 0 Å². The van der Waals surface area contributed by atoms with Gasteiger partial charge in [-0.1, -0.05) is 13.8 Å². The van der Waals surface area contributed by atoms with Gasteiger partial charge >= 0.3 is 0 Å². The highest BCUT2D eigenvalue weighted by Gasteiger charge is 2.28. The number of methoxy groups -OCH3 is 1. The quantitative estimate of drug-likeness (QED) is 0.476. The lowest BCUT2D eigenvalue weighted by atomic mass is 9.88. The van der Waals surface area contributed by atoms with E-state index in [0.717, 1.165) is 0 Å². The first kappa shape index (κ1) is 24.2. The molecule has 1 atom stereocenters. The lowest BCUT2D eigenvalue weighted by molar-refractivity contribution is -0.123. The molecule has 1 rings (SSSR count). The highest BCUT2D eigenvalue weighted by molar-refractivity contribution is 5.94. The van der Waals surface area contributed by atoms with Gasteiger partial charge in [0.25, 0.3) is 0 Å². The van der Waals surface area contributed by atoms with Crippen LogP contribution in [0.2, 0.25) is 0 Å². The molecule has 26 heavy (non-hydrogen) atoms. The summed E-state index contributed by atoms with van der Waals surface area (Å²) in [6, 6.07) is 5.06. The van der Waals surface area contributed by atoms with E-state index in [1.54, 1.807) is 18.2 Å². The maximum atomic E-state index is 12.1. The molecule has 0 aromatic heterocycles. The molecule has 0 bridgehead atoms. The molecule has 0 aliphatic heterocycles. The normalized spacial score (nSPS) is 12.7. The zero-order valence-electron chi connectivity index (χ0n) is 16.3. The summed E-state index contributed by atoms with van der Waals surface area (Å²) in [5.74, 6) is 1.25. The Labute approximate surface area is 162 Å². The summed E-state index contributed by atoms with van der Waals surface area (Å²) in [4.78, 5) is 23.5. The van der Waals surface area contributed by atoms with Gasteiger partial charge < -0.3 is 20.5 Å². The molecule has 0 spiro atoms. The molecule has 1 unspecified atom stereocenters. The van der Waals surface area contributed by atoms with Crippen molar-refractivity contribution in [2.45, 2.75) is 46.1 Å². The first-order valence-electron chi connectivity index (χ1n) is 8.56. The van der Waals surface area contributed by atoms with E-state index in [1.165, 1.54) is 14.0 Å². The Bertz CT molecular complexity index is 607. The molecule has 0 aliphatic carbocycles. The summed E-state index contributed by atoms with van der Waals surface area (Å²) in [6.07, 6.45) is 0.929. The Morgan fingerprint density at radius 1 is 1.27 bits per heavy atom. The van der Waals surface area contributed by atoms with Crippen molar-refractivity contribution in [3.63, 3.8) is 0 Å². The molecule has 0 saturated heterocycles. The van der Waals surface area contributed by atoms with Gasteiger partial charge in [0, 0.05) is 18.5 Å². The number of halogens is 1. The number of benzene rings is 1. The fourth-order valence-corrected chi connectivity index (χ4v) is 2.23. The minimum atomic E-state index is -0.399. The third-order valence-corrected chi connectivity index (χ3v) is 4.50. The Kier molecular flexibility index (Phi) is 10.3. The molecule has 148 valence electrons. The van der Waals surface area contributed by atoms with Gasteiger partial charge in [0.1, 0.15) is 0 Å². The number of carbonyl (C=O) groups is 2. The van der Waals surface area contributed by atoms with E-state index in [2.05, 4.69) is 5.32 Å². The number of ether oxygens (including phenoxy) is 2. The Balaban J connectivity index is 0.00000625. The van der Waals surface area contributed by atoms with E-state index in [9.17, 15) is 9.59 Å². The lowest BCUT2D eigenvalue weighted by Gasteiger charge is -2.33. The van der Waals surface area contributed by atoms with Crippen molar-refractivity contribution in [3.05, 3.63) is 23.8 Å². The van der Waals surface area contributed by atoms with Crippen molar-refractivity contribution in [1.82, 2.24) is 5.32 Å². The summed E-state index contributed by atoms with van der Waals surface area (Å²) in [6.45, 7) is 8.30. The van der Waals surface area contributed by atoms with Crippen LogP contribution in [0.4, 0.5) is 0 Å². The number of hydrogen-bond acceptors (Lipinski definition) is 5. The van der Waals surface area contributed by atoms with Crippen LogP contribution in [-0.4, -0.2) is 37.5 Å². The zero-order chi connectivity index (χ0) is 19.0. The van der Waals surface area contributed by atoms with Crippen LogP contribution in [0.3, 0.4) is 0 Å². The van der Waals surface area contributed by atoms with Crippen molar-refractivity contribution in [2.75, 3.05) is 20.3 Å². The monoisotopic (exact) mass is 386 g/mol. The van der Waals surface area contributed by atoms with Crippen molar-refractivity contribution in [3.8, 4) is 11.5 Å². The summed E-state index contributed by atoms with van der Waals surface area (Å²) in [5, 5.41) is 3.00. The van der Waals surface area contributed by atoms with E-state index < -0.39 is 5.54 Å². The maximum absolute atomic E-state index is 12.1. The fourth-order valence-electron chi connectivity index (χ4n) is 2.23. The van der Waals surface area contributed by atoms with Gasteiger partial charge in [-0.2, -0.15) is 0 Å². The fraction of sp³-hybridized carbons (Fsp3) is 0.579. The largest absolute Gasteiger partial charge is 0.493 e. The third kappa shape index (κ3) is 6.84. The minimum Gasteiger partial charge on any atom is -0.493 e. The molecule has 7 heteroatoms. The summed E-state index contributed by atoms with van der Waals surface area (Å²) in [5.41, 5.74) is 5.94. The van der Waals surface area contributed by atoms with Crippen LogP contribution < -0.4 is 20.5 Å². The molecule has 0 radical (unpaired) electrons. The van der Waals surface area contributed by atoms with E-state index in [4.69, 9.17) is 15.2 Å². The van der Waals surface area contributed by atoms with Crippen molar-refractivity contribution < 1.29 is 19.1 Å². The van der Waals surface area contributed by atoms with E-state index in [1.807, 2.05) is 20.8 Å². The summed E-state index contributed by atoms with van der Waals surface area (Å²) < 4.78 is 10.9. The van der Waals surface area contributed by atoms with Crippen LogP contribution >= 0.6 is 12.4 Å². The SMILES string of the molecule is COc1cc(C(C)=O)ccc1OCCCC(=O)NC(C)(CN)C(C)C.Cl. The number of rotatable bonds is 10. The topological polar surface area (TPSA) is 90.6 Å². The molecule has 6 nitrogen and oxygen atoms in total. The number of nitrogens with two attached hydrogens (primary N) is 1. The molecule has 0 heterocycles. The van der Waals surface area contributed by atoms with Crippen molar-refractivity contribution in [1.29, 1.82) is 0 Å². The highest BCUT2D eigenvalue weighted by Crippen LogP contribution is 2.28. The second-order valence-electron chi connectivity index (χ2n) is 6.70. The zero-order valence-corrected chi connectivity index (χ0v) is 17.1. The van der Waals surface area contributed by atoms with Gasteiger partial charge in [-0.15, -0.1) is 12.4 Å². The number of ketones is 1. The minimum absolute atomic E-state index is 0. The predicted molar refractivity (Wildman–Crippen MR) is 105 cm³/mol. The van der Waals surface area contributed by atoms with Crippen LogP contribution in [0.1, 0.15) is 50.9 Å². The maximum Gasteiger partial charge on any atom is 0.220 e. The summed E-state index contributed by atoms with van der Waals surface area (Å²) in [7, 11) is 1.53. The first-order chi connectivity index (χ1) is 11.7.